The Hall–Kier alpha value is -2.56. The summed E-state index contributed by atoms with van der Waals surface area (Å²) in [5, 5.41) is 2.79. The maximum absolute atomic E-state index is 12.3. The van der Waals surface area contributed by atoms with Crippen molar-refractivity contribution >= 4 is 11.7 Å². The van der Waals surface area contributed by atoms with E-state index in [9.17, 15) is 4.79 Å². The van der Waals surface area contributed by atoms with E-state index in [-0.39, 0.29) is 5.91 Å². The molecular formula is C16H18N2O3. The number of carbonyl (C=O) groups excluding carboxylic acids is 1. The number of anilines is 1. The first-order valence-corrected chi connectivity index (χ1v) is 6.69. The third-order valence-corrected chi connectivity index (χ3v) is 2.97. The number of hydrogen-bond acceptors (Lipinski definition) is 4. The van der Waals surface area contributed by atoms with Gasteiger partial charge in [-0.1, -0.05) is 6.07 Å². The fourth-order valence-electron chi connectivity index (χ4n) is 1.88. The third kappa shape index (κ3) is 3.51. The lowest BCUT2D eigenvalue weighted by atomic mass is 10.2. The van der Waals surface area contributed by atoms with Gasteiger partial charge in [-0.05, 0) is 43.7 Å². The normalized spacial score (nSPS) is 10.0. The maximum atomic E-state index is 12.3. The first-order chi connectivity index (χ1) is 10.2. The molecule has 0 radical (unpaired) electrons. The zero-order valence-corrected chi connectivity index (χ0v) is 12.3. The Kier molecular flexibility index (Phi) is 4.77. The van der Waals surface area contributed by atoms with Crippen LogP contribution in [0, 0.1) is 6.92 Å². The molecule has 0 saturated heterocycles. The van der Waals surface area contributed by atoms with Gasteiger partial charge in [-0.15, -0.1) is 0 Å². The van der Waals surface area contributed by atoms with Gasteiger partial charge in [0.2, 0.25) is 0 Å². The summed E-state index contributed by atoms with van der Waals surface area (Å²) in [4.78, 5) is 16.4. The Balaban J connectivity index is 2.23. The van der Waals surface area contributed by atoms with Gasteiger partial charge < -0.3 is 14.8 Å². The molecule has 1 aromatic heterocycles. The van der Waals surface area contributed by atoms with Gasteiger partial charge >= 0.3 is 0 Å². The first kappa shape index (κ1) is 14.8. The summed E-state index contributed by atoms with van der Waals surface area (Å²) in [6, 6.07) is 8.78. The molecule has 1 aromatic carbocycles. The minimum absolute atomic E-state index is 0.236. The van der Waals surface area contributed by atoms with Crippen LogP contribution in [0.15, 0.2) is 36.5 Å². The predicted molar refractivity (Wildman–Crippen MR) is 81.1 cm³/mol. The lowest BCUT2D eigenvalue weighted by molar-refractivity contribution is 0.102. The highest BCUT2D eigenvalue weighted by atomic mass is 16.5. The molecule has 0 atom stereocenters. The number of methoxy groups -OCH3 is 1. The summed E-state index contributed by atoms with van der Waals surface area (Å²) in [5.74, 6) is 1.46. The number of carbonyl (C=O) groups is 1. The van der Waals surface area contributed by atoms with E-state index in [0.717, 1.165) is 5.56 Å². The van der Waals surface area contributed by atoms with Crippen LogP contribution in [0.1, 0.15) is 22.8 Å². The number of benzene rings is 1. The maximum Gasteiger partial charge on any atom is 0.256 e. The highest BCUT2D eigenvalue weighted by Crippen LogP contribution is 2.28. The topological polar surface area (TPSA) is 60.5 Å². The molecular weight excluding hydrogens is 268 g/mol. The average Bonchev–Trinajstić information content (AvgIpc) is 2.50. The van der Waals surface area contributed by atoms with Crippen LogP contribution in [-0.4, -0.2) is 24.6 Å². The highest BCUT2D eigenvalue weighted by Gasteiger charge is 2.12. The number of nitrogens with zero attached hydrogens (tertiary/aromatic N) is 1. The Bertz CT molecular complexity index is 641. The summed E-state index contributed by atoms with van der Waals surface area (Å²) in [7, 11) is 1.56. The molecule has 0 aliphatic rings. The van der Waals surface area contributed by atoms with Crippen molar-refractivity contribution in [1.29, 1.82) is 0 Å². The number of amides is 1. The molecule has 110 valence electrons. The zero-order chi connectivity index (χ0) is 15.2. The Morgan fingerprint density at radius 3 is 2.76 bits per heavy atom. The van der Waals surface area contributed by atoms with E-state index >= 15 is 0 Å². The molecule has 1 amide bonds. The molecule has 5 heteroatoms. The number of hydrogen-bond donors (Lipinski definition) is 1. The zero-order valence-electron chi connectivity index (χ0n) is 12.3. The molecule has 1 N–H and O–H groups in total. The van der Waals surface area contributed by atoms with E-state index in [1.165, 1.54) is 0 Å². The van der Waals surface area contributed by atoms with Gasteiger partial charge in [0.1, 0.15) is 5.82 Å². The van der Waals surface area contributed by atoms with Crippen LogP contribution in [0.25, 0.3) is 0 Å². The van der Waals surface area contributed by atoms with Crippen LogP contribution >= 0.6 is 0 Å². The summed E-state index contributed by atoms with van der Waals surface area (Å²) in [6.45, 7) is 4.27. The van der Waals surface area contributed by atoms with Gasteiger partial charge in [-0.2, -0.15) is 0 Å². The van der Waals surface area contributed by atoms with E-state index in [1.54, 1.807) is 31.5 Å². The number of ether oxygens (including phenoxy) is 2. The van der Waals surface area contributed by atoms with Crippen LogP contribution in [0.4, 0.5) is 5.82 Å². The van der Waals surface area contributed by atoms with Gasteiger partial charge in [-0.3, -0.25) is 4.79 Å². The minimum Gasteiger partial charge on any atom is -0.493 e. The molecule has 0 aliphatic carbocycles. The van der Waals surface area contributed by atoms with Crippen LogP contribution in [0.3, 0.4) is 0 Å². The van der Waals surface area contributed by atoms with Gasteiger partial charge in [0.05, 0.1) is 13.7 Å². The fraction of sp³-hybridized carbons (Fsp3) is 0.250. The first-order valence-electron chi connectivity index (χ1n) is 6.69. The standard InChI is InChI=1S/C16H18N2O3/c1-4-21-14-10-12(7-8-13(14)20-3)16(19)18-15-11(2)6-5-9-17-15/h5-10H,4H2,1-3H3,(H,17,18,19). The third-order valence-electron chi connectivity index (χ3n) is 2.97. The second-order valence-electron chi connectivity index (χ2n) is 4.42. The minimum atomic E-state index is -0.236. The molecule has 0 saturated carbocycles. The van der Waals surface area contributed by atoms with Gasteiger partial charge in [-0.25, -0.2) is 4.98 Å². The van der Waals surface area contributed by atoms with Crippen LogP contribution in [-0.2, 0) is 0 Å². The predicted octanol–water partition coefficient (Wildman–Crippen LogP) is 3.05. The monoisotopic (exact) mass is 286 g/mol. The van der Waals surface area contributed by atoms with E-state index in [2.05, 4.69) is 10.3 Å². The Morgan fingerprint density at radius 2 is 2.10 bits per heavy atom. The van der Waals surface area contributed by atoms with E-state index < -0.39 is 0 Å². The Morgan fingerprint density at radius 1 is 1.29 bits per heavy atom. The molecule has 0 spiro atoms. The lowest BCUT2D eigenvalue weighted by Crippen LogP contribution is -2.14. The van der Waals surface area contributed by atoms with Gasteiger partial charge in [0.15, 0.2) is 11.5 Å². The SMILES string of the molecule is CCOc1cc(C(=O)Nc2ncccc2C)ccc1OC. The average molecular weight is 286 g/mol. The molecule has 0 aliphatic heterocycles. The number of nitrogens with one attached hydrogen (secondary N) is 1. The molecule has 5 nitrogen and oxygen atoms in total. The van der Waals surface area contributed by atoms with Crippen molar-refractivity contribution in [3.63, 3.8) is 0 Å². The number of aryl methyl sites for hydroxylation is 1. The van der Waals surface area contributed by atoms with Crippen molar-refractivity contribution in [2.24, 2.45) is 0 Å². The number of aromatic nitrogens is 1. The molecule has 2 rings (SSSR count). The van der Waals surface area contributed by atoms with E-state index in [1.807, 2.05) is 26.0 Å². The van der Waals surface area contributed by atoms with Crippen LogP contribution < -0.4 is 14.8 Å². The second kappa shape index (κ2) is 6.74. The summed E-state index contributed by atoms with van der Waals surface area (Å²) in [5.41, 5.74) is 1.40. The summed E-state index contributed by atoms with van der Waals surface area (Å²) >= 11 is 0. The molecule has 0 bridgehead atoms. The highest BCUT2D eigenvalue weighted by molar-refractivity contribution is 6.04. The van der Waals surface area contributed by atoms with Crippen molar-refractivity contribution in [2.45, 2.75) is 13.8 Å². The van der Waals surface area contributed by atoms with Crippen LogP contribution in [0.2, 0.25) is 0 Å². The van der Waals surface area contributed by atoms with Crippen molar-refractivity contribution in [1.82, 2.24) is 4.98 Å². The van der Waals surface area contributed by atoms with Gasteiger partial charge in [0.25, 0.3) is 5.91 Å². The number of pyridine rings is 1. The fourth-order valence-corrected chi connectivity index (χ4v) is 1.88. The van der Waals surface area contributed by atoms with Crippen molar-refractivity contribution < 1.29 is 14.3 Å². The largest absolute Gasteiger partial charge is 0.493 e. The molecule has 2 aromatic rings. The van der Waals surface area contributed by atoms with E-state index in [0.29, 0.717) is 29.5 Å². The number of rotatable bonds is 5. The second-order valence-corrected chi connectivity index (χ2v) is 4.42. The van der Waals surface area contributed by atoms with E-state index in [4.69, 9.17) is 9.47 Å². The van der Waals surface area contributed by atoms with Crippen molar-refractivity contribution in [3.05, 3.63) is 47.7 Å². The summed E-state index contributed by atoms with van der Waals surface area (Å²) < 4.78 is 10.7. The molecule has 0 unspecified atom stereocenters. The van der Waals surface area contributed by atoms with Gasteiger partial charge in [0, 0.05) is 11.8 Å². The summed E-state index contributed by atoms with van der Waals surface area (Å²) in [6.07, 6.45) is 1.64. The lowest BCUT2D eigenvalue weighted by Gasteiger charge is -2.11. The van der Waals surface area contributed by atoms with Crippen LogP contribution in [0.5, 0.6) is 11.5 Å². The van der Waals surface area contributed by atoms with Crippen molar-refractivity contribution in [2.75, 3.05) is 19.0 Å². The quantitative estimate of drug-likeness (QED) is 0.917. The Labute approximate surface area is 123 Å². The van der Waals surface area contributed by atoms with Crippen molar-refractivity contribution in [3.8, 4) is 11.5 Å². The molecule has 1 heterocycles. The molecule has 21 heavy (non-hydrogen) atoms. The molecule has 0 fully saturated rings. The smallest absolute Gasteiger partial charge is 0.256 e.